The Balaban J connectivity index is 1.50. The van der Waals surface area contributed by atoms with Gasteiger partial charge in [0.25, 0.3) is 0 Å². The first kappa shape index (κ1) is 21.5. The van der Waals surface area contributed by atoms with E-state index in [-0.39, 0.29) is 0 Å². The summed E-state index contributed by atoms with van der Waals surface area (Å²) in [5.41, 5.74) is 2.89. The molecule has 0 spiro atoms. The van der Waals surface area contributed by atoms with Gasteiger partial charge in [0.2, 0.25) is 0 Å². The van der Waals surface area contributed by atoms with Crippen LogP contribution in [-0.4, -0.2) is 44.8 Å². The Morgan fingerprint density at radius 3 is 2.55 bits per heavy atom. The van der Waals surface area contributed by atoms with E-state index in [0.717, 1.165) is 37.7 Å². The number of ether oxygens (including phenoxy) is 2. The molecule has 4 nitrogen and oxygen atoms in total. The molecule has 3 rings (SSSR count). The number of likely N-dealkylation sites (tertiary alicyclic amines) is 1. The van der Waals surface area contributed by atoms with Crippen molar-refractivity contribution in [3.63, 3.8) is 0 Å². The molecule has 0 N–H and O–H groups in total. The maximum absolute atomic E-state index is 6.01. The minimum atomic E-state index is 0.438. The highest BCUT2D eigenvalue weighted by Crippen LogP contribution is 2.28. The Labute approximate surface area is 176 Å². The molecule has 1 aliphatic rings. The van der Waals surface area contributed by atoms with Gasteiger partial charge in [-0.1, -0.05) is 32.0 Å². The van der Waals surface area contributed by atoms with E-state index in [2.05, 4.69) is 67.0 Å². The number of methoxy groups -OCH3 is 1. The van der Waals surface area contributed by atoms with Gasteiger partial charge < -0.3 is 14.4 Å². The number of hydrogen-bond donors (Lipinski definition) is 0. The second-order valence-electron chi connectivity index (χ2n) is 8.75. The van der Waals surface area contributed by atoms with Crippen LogP contribution in [0.1, 0.15) is 39.2 Å². The molecule has 158 valence electrons. The van der Waals surface area contributed by atoms with Crippen molar-refractivity contribution in [2.45, 2.75) is 40.2 Å². The van der Waals surface area contributed by atoms with E-state index >= 15 is 0 Å². The molecule has 2 aromatic rings. The van der Waals surface area contributed by atoms with Gasteiger partial charge in [0.15, 0.2) is 0 Å². The van der Waals surface area contributed by atoms with Crippen LogP contribution in [0.3, 0.4) is 0 Å². The predicted molar refractivity (Wildman–Crippen MR) is 121 cm³/mol. The lowest BCUT2D eigenvalue weighted by Gasteiger charge is -2.37. The van der Waals surface area contributed by atoms with Gasteiger partial charge in [-0.05, 0) is 61.6 Å². The van der Waals surface area contributed by atoms with E-state index in [1.165, 1.54) is 37.2 Å². The summed E-state index contributed by atoms with van der Waals surface area (Å²) in [6, 6.07) is 16.8. The van der Waals surface area contributed by atoms with E-state index in [9.17, 15) is 0 Å². The molecule has 0 atom stereocenters. The monoisotopic (exact) mass is 396 g/mol. The lowest BCUT2D eigenvalue weighted by molar-refractivity contribution is 0.102. The predicted octanol–water partition coefficient (Wildman–Crippen LogP) is 5.22. The first-order chi connectivity index (χ1) is 14.0. The summed E-state index contributed by atoms with van der Waals surface area (Å²) >= 11 is 0. The molecular formula is C25H36N2O2. The minimum absolute atomic E-state index is 0.438. The van der Waals surface area contributed by atoms with E-state index in [4.69, 9.17) is 9.47 Å². The van der Waals surface area contributed by atoms with Gasteiger partial charge in [0.05, 0.1) is 7.11 Å². The van der Waals surface area contributed by atoms with Crippen LogP contribution in [0.5, 0.6) is 11.5 Å². The van der Waals surface area contributed by atoms with Crippen LogP contribution < -0.4 is 14.4 Å². The zero-order chi connectivity index (χ0) is 20.7. The Morgan fingerprint density at radius 1 is 1.07 bits per heavy atom. The van der Waals surface area contributed by atoms with Crippen molar-refractivity contribution in [1.82, 2.24) is 4.90 Å². The fourth-order valence-corrected chi connectivity index (χ4v) is 4.13. The highest BCUT2D eigenvalue weighted by atomic mass is 16.5. The van der Waals surface area contributed by atoms with Gasteiger partial charge >= 0.3 is 0 Å². The maximum Gasteiger partial charge on any atom is 0.120 e. The van der Waals surface area contributed by atoms with E-state index < -0.39 is 0 Å². The lowest BCUT2D eigenvalue weighted by atomic mass is 9.84. The van der Waals surface area contributed by atoms with Crippen LogP contribution in [0, 0.1) is 5.41 Å². The van der Waals surface area contributed by atoms with E-state index in [1.807, 2.05) is 12.1 Å². The summed E-state index contributed by atoms with van der Waals surface area (Å²) in [4.78, 5) is 4.88. The quantitative estimate of drug-likeness (QED) is 0.580. The minimum Gasteiger partial charge on any atom is -0.497 e. The lowest BCUT2D eigenvalue weighted by Crippen LogP contribution is -2.41. The molecule has 1 heterocycles. The van der Waals surface area contributed by atoms with Crippen LogP contribution in [0.15, 0.2) is 48.5 Å². The summed E-state index contributed by atoms with van der Waals surface area (Å²) < 4.78 is 11.4. The second-order valence-corrected chi connectivity index (χ2v) is 8.75. The fraction of sp³-hybridized carbons (Fsp3) is 0.520. The summed E-state index contributed by atoms with van der Waals surface area (Å²) in [6.45, 7) is 12.8. The largest absolute Gasteiger partial charge is 0.497 e. The van der Waals surface area contributed by atoms with Crippen molar-refractivity contribution in [3.05, 3.63) is 54.1 Å². The van der Waals surface area contributed by atoms with Gasteiger partial charge in [-0.2, -0.15) is 0 Å². The van der Waals surface area contributed by atoms with Gasteiger partial charge in [-0.25, -0.2) is 0 Å². The van der Waals surface area contributed by atoms with Crippen LogP contribution >= 0.6 is 0 Å². The number of benzene rings is 2. The molecule has 0 aliphatic carbocycles. The maximum atomic E-state index is 6.01. The number of piperidine rings is 1. The molecule has 0 aromatic heterocycles. The summed E-state index contributed by atoms with van der Waals surface area (Å²) in [5.74, 6) is 1.84. The van der Waals surface area contributed by atoms with Crippen LogP contribution in [0.4, 0.5) is 5.69 Å². The van der Waals surface area contributed by atoms with Gasteiger partial charge in [0, 0.05) is 37.9 Å². The topological polar surface area (TPSA) is 24.9 Å². The Kier molecular flexibility index (Phi) is 7.43. The molecule has 1 fully saturated rings. The fourth-order valence-electron chi connectivity index (χ4n) is 4.13. The molecule has 4 heteroatoms. The van der Waals surface area contributed by atoms with Crippen molar-refractivity contribution in [2.24, 2.45) is 5.41 Å². The SMILES string of the molecule is CCN(Cc1ccc(OCCN2CCCC(C)(C)C2)cc1)c1cccc(OC)c1. The molecule has 2 aromatic carbocycles. The van der Waals surface area contributed by atoms with Crippen molar-refractivity contribution < 1.29 is 9.47 Å². The number of nitrogens with zero attached hydrogens (tertiary/aromatic N) is 2. The van der Waals surface area contributed by atoms with Gasteiger partial charge in [0.1, 0.15) is 18.1 Å². The average molecular weight is 397 g/mol. The van der Waals surface area contributed by atoms with E-state index in [1.54, 1.807) is 7.11 Å². The van der Waals surface area contributed by atoms with Crippen LogP contribution in [0.2, 0.25) is 0 Å². The third-order valence-corrected chi connectivity index (χ3v) is 5.75. The first-order valence-corrected chi connectivity index (χ1v) is 10.8. The molecule has 0 saturated carbocycles. The molecule has 0 unspecified atom stereocenters. The third-order valence-electron chi connectivity index (χ3n) is 5.75. The first-order valence-electron chi connectivity index (χ1n) is 10.8. The molecule has 29 heavy (non-hydrogen) atoms. The highest BCUT2D eigenvalue weighted by Gasteiger charge is 2.25. The van der Waals surface area contributed by atoms with E-state index in [0.29, 0.717) is 5.41 Å². The standard InChI is InChI=1S/C25H36N2O2/c1-5-27(22-8-6-9-24(18-22)28-4)19-21-10-12-23(13-11-21)29-17-16-26-15-7-14-25(2,3)20-26/h6,8-13,18H,5,7,14-17,19-20H2,1-4H3. The van der Waals surface area contributed by atoms with Crippen LogP contribution in [-0.2, 0) is 6.54 Å². The number of anilines is 1. The molecule has 0 bridgehead atoms. The average Bonchev–Trinajstić information content (AvgIpc) is 2.72. The summed E-state index contributed by atoms with van der Waals surface area (Å²) in [6.07, 6.45) is 2.62. The molecule has 0 amide bonds. The zero-order valence-electron chi connectivity index (χ0n) is 18.5. The van der Waals surface area contributed by atoms with Gasteiger partial charge in [-0.3, -0.25) is 4.90 Å². The normalized spacial score (nSPS) is 16.4. The molecule has 0 radical (unpaired) electrons. The Morgan fingerprint density at radius 2 is 1.86 bits per heavy atom. The smallest absolute Gasteiger partial charge is 0.120 e. The zero-order valence-corrected chi connectivity index (χ0v) is 18.5. The number of hydrogen-bond acceptors (Lipinski definition) is 4. The Hall–Kier alpha value is -2.20. The van der Waals surface area contributed by atoms with Crippen molar-refractivity contribution in [2.75, 3.05) is 44.8 Å². The van der Waals surface area contributed by atoms with Crippen LogP contribution in [0.25, 0.3) is 0 Å². The summed E-state index contributed by atoms with van der Waals surface area (Å²) in [7, 11) is 1.71. The second kappa shape index (κ2) is 10.0. The Bertz CT molecular complexity index is 758. The molecular weight excluding hydrogens is 360 g/mol. The molecule has 1 saturated heterocycles. The van der Waals surface area contributed by atoms with Crippen molar-refractivity contribution >= 4 is 5.69 Å². The van der Waals surface area contributed by atoms with Crippen molar-refractivity contribution in [1.29, 1.82) is 0 Å². The summed E-state index contributed by atoms with van der Waals surface area (Å²) in [5, 5.41) is 0. The number of rotatable bonds is 9. The third kappa shape index (κ3) is 6.40. The molecule has 1 aliphatic heterocycles. The van der Waals surface area contributed by atoms with Gasteiger partial charge in [-0.15, -0.1) is 0 Å². The highest BCUT2D eigenvalue weighted by molar-refractivity contribution is 5.51. The van der Waals surface area contributed by atoms with Crippen molar-refractivity contribution in [3.8, 4) is 11.5 Å².